The van der Waals surface area contributed by atoms with Crippen LogP contribution in [0.15, 0.2) is 72.9 Å². The third kappa shape index (κ3) is 57.7. The highest BCUT2D eigenvalue weighted by Crippen LogP contribution is 2.16. The van der Waals surface area contributed by atoms with Gasteiger partial charge in [-0.25, -0.2) is 0 Å². The van der Waals surface area contributed by atoms with Gasteiger partial charge in [-0.2, -0.15) is 0 Å². The largest absolute Gasteiger partial charge is 0.462 e. The van der Waals surface area contributed by atoms with Gasteiger partial charge in [0.05, 0.1) is 0 Å². The van der Waals surface area contributed by atoms with E-state index in [0.29, 0.717) is 19.3 Å². The second-order valence-electron chi connectivity index (χ2n) is 20.6. The molecule has 416 valence electrons. The molecule has 6 nitrogen and oxygen atoms in total. The molecular formula is C66H116O6. The van der Waals surface area contributed by atoms with Crippen LogP contribution in [0.4, 0.5) is 0 Å². The highest BCUT2D eigenvalue weighted by atomic mass is 16.6. The Morgan fingerprint density at radius 2 is 0.542 bits per heavy atom. The number of ether oxygens (including phenoxy) is 3. The Hall–Kier alpha value is -3.15. The Kier molecular flexibility index (Phi) is 57.8. The zero-order valence-corrected chi connectivity index (χ0v) is 47.7. The van der Waals surface area contributed by atoms with Gasteiger partial charge in [-0.05, 0) is 89.9 Å². The predicted octanol–water partition coefficient (Wildman–Crippen LogP) is 20.9. The van der Waals surface area contributed by atoms with Gasteiger partial charge in [-0.3, -0.25) is 14.4 Å². The van der Waals surface area contributed by atoms with Crippen LogP contribution in [-0.4, -0.2) is 37.2 Å². The van der Waals surface area contributed by atoms with Crippen LogP contribution < -0.4 is 0 Å². The minimum absolute atomic E-state index is 0.0751. The molecule has 0 heterocycles. The molecule has 0 aliphatic carbocycles. The van der Waals surface area contributed by atoms with Gasteiger partial charge in [0.15, 0.2) is 6.10 Å². The lowest BCUT2D eigenvalue weighted by atomic mass is 10.0. The summed E-state index contributed by atoms with van der Waals surface area (Å²) in [5.74, 6) is -0.879. The van der Waals surface area contributed by atoms with E-state index in [0.717, 1.165) is 96.3 Å². The molecule has 0 saturated carbocycles. The Bertz CT molecular complexity index is 1340. The molecule has 0 aromatic heterocycles. The second kappa shape index (κ2) is 60.4. The Morgan fingerprint density at radius 3 is 0.861 bits per heavy atom. The van der Waals surface area contributed by atoms with Gasteiger partial charge in [-0.15, -0.1) is 0 Å². The summed E-state index contributed by atoms with van der Waals surface area (Å²) in [6.07, 6.45) is 77.9. The third-order valence-corrected chi connectivity index (χ3v) is 13.4. The second-order valence-corrected chi connectivity index (χ2v) is 20.6. The Balaban J connectivity index is 4.06. The fourth-order valence-electron chi connectivity index (χ4n) is 8.82. The molecule has 0 aliphatic rings. The van der Waals surface area contributed by atoms with Crippen LogP contribution in [-0.2, 0) is 28.6 Å². The molecule has 0 spiro atoms. The number of hydrogen-bond donors (Lipinski definition) is 0. The summed E-state index contributed by atoms with van der Waals surface area (Å²) in [4.78, 5) is 38.0. The molecular weight excluding hydrogens is 889 g/mol. The van der Waals surface area contributed by atoms with Crippen LogP contribution in [0.5, 0.6) is 0 Å². The van der Waals surface area contributed by atoms with Crippen molar-refractivity contribution in [2.24, 2.45) is 0 Å². The highest BCUT2D eigenvalue weighted by Gasteiger charge is 2.19. The first kappa shape index (κ1) is 68.8. The van der Waals surface area contributed by atoms with Gasteiger partial charge in [-0.1, -0.05) is 273 Å². The van der Waals surface area contributed by atoms with E-state index in [4.69, 9.17) is 14.2 Å². The minimum atomic E-state index is -0.775. The van der Waals surface area contributed by atoms with E-state index in [1.54, 1.807) is 0 Å². The molecule has 0 amide bonds. The highest BCUT2D eigenvalue weighted by molar-refractivity contribution is 5.71. The number of carbonyl (C=O) groups is 3. The molecule has 0 aromatic rings. The molecule has 72 heavy (non-hydrogen) atoms. The standard InChI is InChI=1S/C66H116O6/c1-4-7-10-13-16-18-20-22-24-26-27-28-29-30-31-32-33-34-35-36-37-38-39-40-42-43-45-47-50-53-56-59-65(68)71-62-63(61-70-64(67)58-55-52-49-15-12-9-6-3)72-66(69)60-57-54-51-48-46-44-41-25-23-21-19-17-14-11-8-5-2/h7,10,16,18,22,24-25,27-28,30-31,41,63H,4-6,8-9,11-15,17,19-21,23,26,29,32-40,42-62H2,1-3H3/b10-7-,18-16-,24-22-,28-27-,31-30-,41-25-. The molecule has 0 rings (SSSR count). The average Bonchev–Trinajstić information content (AvgIpc) is 3.38. The van der Waals surface area contributed by atoms with Crippen LogP contribution in [0, 0.1) is 0 Å². The van der Waals surface area contributed by atoms with Crippen molar-refractivity contribution in [1.29, 1.82) is 0 Å². The van der Waals surface area contributed by atoms with Crippen LogP contribution in [0.3, 0.4) is 0 Å². The van der Waals surface area contributed by atoms with Gasteiger partial charge in [0.25, 0.3) is 0 Å². The number of hydrogen-bond acceptors (Lipinski definition) is 6. The fraction of sp³-hybridized carbons (Fsp3) is 0.773. The Morgan fingerprint density at radius 1 is 0.292 bits per heavy atom. The average molecular weight is 1010 g/mol. The molecule has 0 bridgehead atoms. The molecule has 1 atom stereocenters. The first-order valence-corrected chi connectivity index (χ1v) is 30.9. The van der Waals surface area contributed by atoms with Gasteiger partial charge < -0.3 is 14.2 Å². The SMILES string of the molecule is CC/C=C\C/C=C\C/C=C\C/C=C\C/C=C\CCCCCCCCCCCCCCCCCC(=O)OCC(COC(=O)CCCCCCCCC)OC(=O)CCCCCCC/C=C\CCCCCCCCC. The van der Waals surface area contributed by atoms with Crippen LogP contribution in [0.1, 0.15) is 310 Å². The van der Waals surface area contributed by atoms with E-state index < -0.39 is 6.10 Å². The lowest BCUT2D eigenvalue weighted by Gasteiger charge is -2.18. The topological polar surface area (TPSA) is 78.9 Å². The summed E-state index contributed by atoms with van der Waals surface area (Å²) in [7, 11) is 0. The van der Waals surface area contributed by atoms with E-state index >= 15 is 0 Å². The normalized spacial score (nSPS) is 12.5. The summed E-state index contributed by atoms with van der Waals surface area (Å²) in [5, 5.41) is 0. The van der Waals surface area contributed by atoms with Crippen molar-refractivity contribution in [3.8, 4) is 0 Å². The maximum Gasteiger partial charge on any atom is 0.306 e. The molecule has 0 aliphatic heterocycles. The van der Waals surface area contributed by atoms with Gasteiger partial charge in [0, 0.05) is 19.3 Å². The molecule has 6 heteroatoms. The maximum absolute atomic E-state index is 12.8. The number of esters is 3. The maximum atomic E-state index is 12.8. The predicted molar refractivity (Wildman–Crippen MR) is 311 cm³/mol. The zero-order chi connectivity index (χ0) is 52.2. The molecule has 0 N–H and O–H groups in total. The first-order chi connectivity index (χ1) is 35.5. The van der Waals surface area contributed by atoms with E-state index in [2.05, 4.69) is 93.7 Å². The minimum Gasteiger partial charge on any atom is -0.462 e. The summed E-state index contributed by atoms with van der Waals surface area (Å²) in [6, 6.07) is 0. The van der Waals surface area contributed by atoms with E-state index in [1.165, 1.54) is 173 Å². The quantitative estimate of drug-likeness (QED) is 0.0261. The number of unbranched alkanes of at least 4 members (excludes halogenated alkanes) is 33. The molecule has 0 radical (unpaired) electrons. The van der Waals surface area contributed by atoms with E-state index in [9.17, 15) is 14.4 Å². The number of allylic oxidation sites excluding steroid dienone is 12. The monoisotopic (exact) mass is 1000 g/mol. The van der Waals surface area contributed by atoms with Crippen molar-refractivity contribution < 1.29 is 28.6 Å². The zero-order valence-electron chi connectivity index (χ0n) is 47.7. The Labute approximate surface area is 446 Å². The van der Waals surface area contributed by atoms with Crippen LogP contribution >= 0.6 is 0 Å². The van der Waals surface area contributed by atoms with Crippen molar-refractivity contribution in [3.05, 3.63) is 72.9 Å². The third-order valence-electron chi connectivity index (χ3n) is 13.4. The van der Waals surface area contributed by atoms with Gasteiger partial charge in [0.1, 0.15) is 13.2 Å². The number of rotatable bonds is 56. The van der Waals surface area contributed by atoms with Gasteiger partial charge in [0.2, 0.25) is 0 Å². The molecule has 0 aromatic carbocycles. The van der Waals surface area contributed by atoms with Crippen molar-refractivity contribution in [1.82, 2.24) is 0 Å². The lowest BCUT2D eigenvalue weighted by molar-refractivity contribution is -0.167. The lowest BCUT2D eigenvalue weighted by Crippen LogP contribution is -2.30. The van der Waals surface area contributed by atoms with E-state index in [-0.39, 0.29) is 31.1 Å². The van der Waals surface area contributed by atoms with Crippen LogP contribution in [0.2, 0.25) is 0 Å². The first-order valence-electron chi connectivity index (χ1n) is 30.9. The van der Waals surface area contributed by atoms with Crippen molar-refractivity contribution in [2.45, 2.75) is 316 Å². The smallest absolute Gasteiger partial charge is 0.306 e. The fourth-order valence-corrected chi connectivity index (χ4v) is 8.82. The van der Waals surface area contributed by atoms with Crippen molar-refractivity contribution >= 4 is 17.9 Å². The summed E-state index contributed by atoms with van der Waals surface area (Å²) in [5.41, 5.74) is 0. The van der Waals surface area contributed by atoms with E-state index in [1.807, 2.05) is 0 Å². The number of carbonyl (C=O) groups excluding carboxylic acids is 3. The summed E-state index contributed by atoms with van der Waals surface area (Å²) < 4.78 is 16.8. The molecule has 1 unspecified atom stereocenters. The van der Waals surface area contributed by atoms with Crippen molar-refractivity contribution in [2.75, 3.05) is 13.2 Å². The molecule has 0 fully saturated rings. The van der Waals surface area contributed by atoms with Crippen LogP contribution in [0.25, 0.3) is 0 Å². The summed E-state index contributed by atoms with van der Waals surface area (Å²) in [6.45, 7) is 6.50. The molecule has 0 saturated heterocycles. The van der Waals surface area contributed by atoms with Crippen molar-refractivity contribution in [3.63, 3.8) is 0 Å². The van der Waals surface area contributed by atoms with Gasteiger partial charge >= 0.3 is 17.9 Å². The summed E-state index contributed by atoms with van der Waals surface area (Å²) >= 11 is 0.